The molecule has 0 saturated carbocycles. The Kier molecular flexibility index (Phi) is 9.94. The highest BCUT2D eigenvalue weighted by Crippen LogP contribution is 2.44. The third kappa shape index (κ3) is 6.43. The van der Waals surface area contributed by atoms with Crippen LogP contribution in [0.15, 0.2) is 114 Å². The normalized spacial score (nSPS) is 15.1. The number of aromatic nitrogens is 3. The number of nitrogens with zero attached hydrogens (tertiary/aromatic N) is 4. The van der Waals surface area contributed by atoms with E-state index in [9.17, 15) is 27.2 Å². The van der Waals surface area contributed by atoms with Crippen molar-refractivity contribution in [2.75, 3.05) is 11.4 Å². The summed E-state index contributed by atoms with van der Waals surface area (Å²) in [6.45, 7) is 11.1. The highest BCUT2D eigenvalue weighted by atomic mass is 35.5. The lowest BCUT2D eigenvalue weighted by molar-refractivity contribution is -0.0953. The summed E-state index contributed by atoms with van der Waals surface area (Å²) in [5.74, 6) is -2.77. The Balaban J connectivity index is 1.44. The number of alkyl halides is 3. The van der Waals surface area contributed by atoms with E-state index in [0.717, 1.165) is 26.0 Å². The molecule has 1 atom stereocenters. The number of carbonyl (C=O) groups is 1. The maximum absolute atomic E-state index is 15.0. The van der Waals surface area contributed by atoms with Gasteiger partial charge in [0, 0.05) is 30.1 Å². The molecule has 0 aliphatic carbocycles. The Morgan fingerprint density at radius 2 is 1.56 bits per heavy atom. The molecule has 0 fully saturated rings. The van der Waals surface area contributed by atoms with Crippen molar-refractivity contribution in [1.29, 1.82) is 0 Å². The first-order valence-electron chi connectivity index (χ1n) is 16.7. The van der Waals surface area contributed by atoms with Crippen LogP contribution in [0.2, 0.25) is 10.1 Å². The summed E-state index contributed by atoms with van der Waals surface area (Å²) >= 11 is 6.24. The van der Waals surface area contributed by atoms with Crippen molar-refractivity contribution in [2.24, 2.45) is 0 Å². The zero-order chi connectivity index (χ0) is 37.6. The molecule has 270 valence electrons. The first-order chi connectivity index (χ1) is 24.6. The number of halogens is 5. The summed E-state index contributed by atoms with van der Waals surface area (Å²) in [6.07, 6.45) is -4.84. The monoisotopic (exact) mass is 748 g/mol. The molecule has 1 aromatic heterocycles. The van der Waals surface area contributed by atoms with Crippen LogP contribution < -0.4 is 21.0 Å². The molecule has 52 heavy (non-hydrogen) atoms. The van der Waals surface area contributed by atoms with Gasteiger partial charge in [-0.05, 0) is 58.2 Å². The predicted octanol–water partition coefficient (Wildman–Crippen LogP) is 7.79. The summed E-state index contributed by atoms with van der Waals surface area (Å²) in [5, 5.41) is 6.26. The molecule has 4 aromatic carbocycles. The fraction of sp³-hybridized carbons (Fsp3) is 0.256. The fourth-order valence-corrected chi connectivity index (χ4v) is 11.8. The van der Waals surface area contributed by atoms with Crippen molar-refractivity contribution < 1.29 is 26.8 Å². The van der Waals surface area contributed by atoms with Gasteiger partial charge < -0.3 is 9.33 Å². The highest BCUT2D eigenvalue weighted by molar-refractivity contribution is 6.99. The van der Waals surface area contributed by atoms with Gasteiger partial charge in [0.05, 0.1) is 23.0 Å². The number of hydrogen-bond donors (Lipinski definition) is 0. The largest absolute Gasteiger partial charge is 0.412 e. The number of anilines is 1. The van der Waals surface area contributed by atoms with Crippen molar-refractivity contribution in [1.82, 2.24) is 14.3 Å². The summed E-state index contributed by atoms with van der Waals surface area (Å²) in [6, 6.07) is 27.8. The van der Waals surface area contributed by atoms with E-state index in [1.54, 1.807) is 6.92 Å². The van der Waals surface area contributed by atoms with E-state index in [1.807, 2.05) is 36.4 Å². The van der Waals surface area contributed by atoms with Gasteiger partial charge in [-0.3, -0.25) is 9.36 Å². The molecule has 1 unspecified atom stereocenters. The minimum atomic E-state index is -4.84. The zero-order valence-electron chi connectivity index (χ0n) is 29.0. The summed E-state index contributed by atoms with van der Waals surface area (Å²) < 4.78 is 67.2. The van der Waals surface area contributed by atoms with Gasteiger partial charge in [-0.2, -0.15) is 17.9 Å². The van der Waals surface area contributed by atoms with Gasteiger partial charge in [0.1, 0.15) is 5.82 Å². The molecule has 13 heteroatoms. The molecule has 0 radical (unpaired) electrons. The van der Waals surface area contributed by atoms with E-state index in [-0.39, 0.29) is 45.7 Å². The molecule has 1 aliphatic heterocycles. The second-order valence-electron chi connectivity index (χ2n) is 13.6. The quantitative estimate of drug-likeness (QED) is 0.0878. The van der Waals surface area contributed by atoms with Gasteiger partial charge in [0.2, 0.25) is 0 Å². The van der Waals surface area contributed by atoms with Crippen LogP contribution in [0, 0.1) is 5.82 Å². The lowest BCUT2D eigenvalue weighted by Gasteiger charge is -2.42. The fourth-order valence-electron chi connectivity index (χ4n) is 7.07. The summed E-state index contributed by atoms with van der Waals surface area (Å²) in [7, 11) is -3.02. The van der Waals surface area contributed by atoms with E-state index in [1.165, 1.54) is 34.9 Å². The first-order valence-corrected chi connectivity index (χ1v) is 19.0. The van der Waals surface area contributed by atoms with Crippen LogP contribution in [-0.4, -0.2) is 41.3 Å². The molecule has 1 aliphatic rings. The first kappa shape index (κ1) is 37.0. The number of fused-ring (bicyclic) bond motifs is 1. The van der Waals surface area contributed by atoms with Gasteiger partial charge >= 0.3 is 11.9 Å². The standard InChI is InChI=1S/C39H37ClF4N4O3Si/c1-6-46-34(24-51-52(38(3,4)5,27-14-9-7-10-15-27)28-16-11-8-12-17-28)45-48(37(46)50)26-20-21-29-30(22-26)31(25(2)39(42,43)44)23-47(36(29)49)35-32(40)18-13-19-33(35)41/h7-22,31H,2,6,23-24H2,1,3-5H3. The average molecular weight is 749 g/mol. The number of benzene rings is 4. The van der Waals surface area contributed by atoms with Gasteiger partial charge in [0.25, 0.3) is 14.2 Å². The van der Waals surface area contributed by atoms with Crippen LogP contribution in [0.4, 0.5) is 23.2 Å². The molecule has 2 heterocycles. The van der Waals surface area contributed by atoms with Crippen LogP contribution in [-0.2, 0) is 17.6 Å². The lowest BCUT2D eigenvalue weighted by Crippen LogP contribution is -2.66. The second kappa shape index (κ2) is 14.0. The van der Waals surface area contributed by atoms with E-state index >= 15 is 0 Å². The van der Waals surface area contributed by atoms with Crippen LogP contribution >= 0.6 is 11.6 Å². The second-order valence-corrected chi connectivity index (χ2v) is 18.4. The highest BCUT2D eigenvalue weighted by Gasteiger charge is 2.50. The van der Waals surface area contributed by atoms with E-state index < -0.39 is 49.9 Å². The Morgan fingerprint density at radius 3 is 2.10 bits per heavy atom. The number of rotatable bonds is 9. The Labute approximate surface area is 304 Å². The van der Waals surface area contributed by atoms with E-state index in [0.29, 0.717) is 5.82 Å². The molecular weight excluding hydrogens is 712 g/mol. The summed E-state index contributed by atoms with van der Waals surface area (Å²) in [4.78, 5) is 28.5. The molecule has 6 rings (SSSR count). The van der Waals surface area contributed by atoms with E-state index in [4.69, 9.17) is 16.0 Å². The van der Waals surface area contributed by atoms with Crippen LogP contribution in [0.25, 0.3) is 5.69 Å². The molecule has 0 saturated heterocycles. The van der Waals surface area contributed by atoms with E-state index in [2.05, 4.69) is 56.7 Å². The minimum Gasteiger partial charge on any atom is -0.400 e. The third-order valence-electron chi connectivity index (χ3n) is 9.58. The topological polar surface area (TPSA) is 69.4 Å². The van der Waals surface area contributed by atoms with Crippen molar-refractivity contribution >= 4 is 41.9 Å². The molecule has 1 amide bonds. The molecule has 5 aromatic rings. The van der Waals surface area contributed by atoms with Gasteiger partial charge in [-0.15, -0.1) is 5.10 Å². The molecule has 0 bridgehead atoms. The zero-order valence-corrected chi connectivity index (χ0v) is 30.8. The third-order valence-corrected chi connectivity index (χ3v) is 14.9. The van der Waals surface area contributed by atoms with Gasteiger partial charge in [-0.25, -0.2) is 9.18 Å². The molecule has 7 nitrogen and oxygen atoms in total. The predicted molar refractivity (Wildman–Crippen MR) is 197 cm³/mol. The van der Waals surface area contributed by atoms with Crippen molar-refractivity contribution in [3.8, 4) is 5.69 Å². The smallest absolute Gasteiger partial charge is 0.400 e. The number of hydrogen-bond acceptors (Lipinski definition) is 4. The minimum absolute atomic E-state index is 0.0170. The van der Waals surface area contributed by atoms with Crippen molar-refractivity contribution in [3.63, 3.8) is 0 Å². The SMILES string of the molecule is C=C(C1CN(c2c(F)cccc2Cl)C(=O)c2ccc(-n3nc(CO[Si](c4ccccc4)(c4ccccc4)C(C)(C)C)n(CC)c3=O)cc21)C(F)(F)F. The molecule has 0 N–H and O–H groups in total. The number of amides is 1. The average Bonchev–Trinajstić information content (AvgIpc) is 3.43. The lowest BCUT2D eigenvalue weighted by atomic mass is 9.83. The Morgan fingerprint density at radius 1 is 0.942 bits per heavy atom. The maximum atomic E-state index is 15.0. The number of carbonyl (C=O) groups excluding carboxylic acids is 1. The Bertz CT molecular complexity index is 2140. The van der Waals surface area contributed by atoms with Gasteiger partial charge in [-0.1, -0.05) is 106 Å². The van der Waals surface area contributed by atoms with Crippen LogP contribution in [0.5, 0.6) is 0 Å². The van der Waals surface area contributed by atoms with Gasteiger partial charge in [0.15, 0.2) is 5.82 Å². The Hall–Kier alpha value is -4.78. The van der Waals surface area contributed by atoms with Crippen LogP contribution in [0.1, 0.15) is 55.4 Å². The molecule has 0 spiro atoms. The molecular formula is C39H37ClF4N4O3Si. The van der Waals surface area contributed by atoms with Crippen molar-refractivity contribution in [3.05, 3.63) is 147 Å². The number of para-hydroxylation sites is 1. The van der Waals surface area contributed by atoms with Crippen molar-refractivity contribution in [2.45, 2.75) is 58.0 Å². The van der Waals surface area contributed by atoms with Crippen LogP contribution in [0.3, 0.4) is 0 Å². The maximum Gasteiger partial charge on any atom is 0.412 e. The summed E-state index contributed by atoms with van der Waals surface area (Å²) in [5.41, 5.74) is -1.97.